The predicted octanol–water partition coefficient (Wildman–Crippen LogP) is 3.08. The molecule has 2 bridgehead atoms. The van der Waals surface area contributed by atoms with Crippen molar-refractivity contribution in [2.75, 3.05) is 6.61 Å². The van der Waals surface area contributed by atoms with E-state index in [2.05, 4.69) is 52.9 Å². The Labute approximate surface area is 120 Å². The Morgan fingerprint density at radius 1 is 1.28 bits per heavy atom. The van der Waals surface area contributed by atoms with Gasteiger partial charge >= 0.3 is 0 Å². The first-order chi connectivity index (χ1) is 8.72. The highest BCUT2D eigenvalue weighted by Gasteiger charge is 2.66. The van der Waals surface area contributed by atoms with Crippen molar-refractivity contribution < 1.29 is 9.53 Å². The first kappa shape index (κ1) is 11.2. The van der Waals surface area contributed by atoms with E-state index in [0.717, 1.165) is 6.42 Å². The summed E-state index contributed by atoms with van der Waals surface area (Å²) in [5, 5.41) is 0. The Morgan fingerprint density at radius 3 is 2.67 bits per heavy atom. The molecule has 3 aliphatic carbocycles. The summed E-state index contributed by atoms with van der Waals surface area (Å²) >= 11 is 2.38. The molecule has 1 aliphatic heterocycles. The lowest BCUT2D eigenvalue weighted by Gasteiger charge is -2.43. The number of ketones is 1. The highest BCUT2D eigenvalue weighted by Crippen LogP contribution is 2.58. The Bertz CT molecular complexity index is 545. The number of carbonyl (C=O) groups excluding carboxylic acids is 1. The lowest BCUT2D eigenvalue weighted by atomic mass is 9.61. The van der Waals surface area contributed by atoms with Crippen LogP contribution in [0.3, 0.4) is 0 Å². The van der Waals surface area contributed by atoms with E-state index < -0.39 is 5.60 Å². The van der Waals surface area contributed by atoms with E-state index in [1.54, 1.807) is 0 Å². The van der Waals surface area contributed by atoms with E-state index in [1.807, 2.05) is 6.07 Å². The molecule has 18 heavy (non-hydrogen) atoms. The van der Waals surface area contributed by atoms with Gasteiger partial charge in [0.25, 0.3) is 0 Å². The van der Waals surface area contributed by atoms with Crippen LogP contribution in [0, 0.1) is 11.8 Å². The summed E-state index contributed by atoms with van der Waals surface area (Å²) in [5.41, 5.74) is 0.859. The zero-order chi connectivity index (χ0) is 12.3. The molecule has 5 rings (SSSR count). The van der Waals surface area contributed by atoms with Crippen molar-refractivity contribution in [1.29, 1.82) is 0 Å². The van der Waals surface area contributed by atoms with Crippen molar-refractivity contribution in [1.82, 2.24) is 0 Å². The number of halogens is 1. The third kappa shape index (κ3) is 1.35. The Balaban J connectivity index is 1.77. The van der Waals surface area contributed by atoms with Crippen LogP contribution in [0.25, 0.3) is 0 Å². The molecule has 0 aromatic heterocycles. The zero-order valence-electron chi connectivity index (χ0n) is 9.80. The fraction of sp³-hybridized carbons (Fsp3) is 0.400. The van der Waals surface area contributed by atoms with Gasteiger partial charge in [0.1, 0.15) is 0 Å². The second kappa shape index (κ2) is 3.67. The molecule has 0 radical (unpaired) electrons. The van der Waals surface area contributed by atoms with Crippen LogP contribution in [0.4, 0.5) is 0 Å². The van der Waals surface area contributed by atoms with E-state index in [4.69, 9.17) is 4.74 Å². The van der Waals surface area contributed by atoms with Gasteiger partial charge < -0.3 is 4.74 Å². The number of ether oxygens (including phenoxy) is 1. The quantitative estimate of drug-likeness (QED) is 0.574. The zero-order valence-corrected chi connectivity index (χ0v) is 12.0. The lowest BCUT2D eigenvalue weighted by molar-refractivity contribution is -0.132. The van der Waals surface area contributed by atoms with Gasteiger partial charge in [-0.3, -0.25) is 4.79 Å². The van der Waals surface area contributed by atoms with Crippen LogP contribution in [0.5, 0.6) is 0 Å². The van der Waals surface area contributed by atoms with E-state index in [9.17, 15) is 4.79 Å². The first-order valence-electron chi connectivity index (χ1n) is 6.33. The molecule has 4 aliphatic rings. The average molecular weight is 352 g/mol. The van der Waals surface area contributed by atoms with Crippen LogP contribution >= 0.6 is 22.6 Å². The number of carbonyl (C=O) groups is 1. The topological polar surface area (TPSA) is 29.6 Å². The number of hydrogen-bond donors (Lipinski definition) is 0. The molecule has 3 heteroatoms. The van der Waals surface area contributed by atoms with Gasteiger partial charge in [-0.05, 0) is 44.1 Å². The van der Waals surface area contributed by atoms with E-state index >= 15 is 0 Å². The number of allylic oxidation sites excluding steroid dienone is 1. The molecule has 1 saturated heterocycles. The number of benzene rings is 1. The maximum absolute atomic E-state index is 12.5. The summed E-state index contributed by atoms with van der Waals surface area (Å²) < 4.78 is 6.86. The van der Waals surface area contributed by atoms with Gasteiger partial charge in [0.2, 0.25) is 0 Å². The van der Waals surface area contributed by atoms with Crippen molar-refractivity contribution in [3.05, 3.63) is 45.6 Å². The second-order valence-electron chi connectivity index (χ2n) is 5.43. The van der Waals surface area contributed by atoms with Gasteiger partial charge in [-0.15, -0.1) is 0 Å². The Hall–Kier alpha value is -0.680. The minimum Gasteiger partial charge on any atom is -0.361 e. The fourth-order valence-corrected chi connectivity index (χ4v) is 4.65. The van der Waals surface area contributed by atoms with Crippen molar-refractivity contribution in [3.63, 3.8) is 0 Å². The minimum atomic E-state index is -0.429. The highest BCUT2D eigenvalue weighted by molar-refractivity contribution is 14.1. The predicted molar refractivity (Wildman–Crippen MR) is 76.6 cm³/mol. The van der Waals surface area contributed by atoms with Crippen molar-refractivity contribution >= 4 is 28.4 Å². The number of epoxide rings is 1. The van der Waals surface area contributed by atoms with Gasteiger partial charge in [0.05, 0.1) is 6.61 Å². The summed E-state index contributed by atoms with van der Waals surface area (Å²) in [6.45, 7) is 0.634. The van der Waals surface area contributed by atoms with Crippen molar-refractivity contribution in [2.45, 2.75) is 17.9 Å². The normalized spacial score (nSPS) is 41.1. The fourth-order valence-electron chi connectivity index (χ4n) is 3.51. The van der Waals surface area contributed by atoms with Gasteiger partial charge in [-0.25, -0.2) is 0 Å². The molecule has 1 spiro atoms. The van der Waals surface area contributed by atoms with Gasteiger partial charge in [-0.1, -0.05) is 36.4 Å². The molecule has 0 amide bonds. The smallest absolute Gasteiger partial charge is 0.175 e. The van der Waals surface area contributed by atoms with Crippen LogP contribution in [0.15, 0.2) is 40.0 Å². The molecular weight excluding hydrogens is 339 g/mol. The number of rotatable bonds is 1. The molecular formula is C15H13IO2. The molecule has 3 unspecified atom stereocenters. The molecule has 1 saturated carbocycles. The number of fused-ring (bicyclic) bond motifs is 1. The summed E-state index contributed by atoms with van der Waals surface area (Å²) in [6.07, 6.45) is 3.22. The van der Waals surface area contributed by atoms with Crippen LogP contribution in [0.2, 0.25) is 0 Å². The molecule has 0 N–H and O–H groups in total. The van der Waals surface area contributed by atoms with Gasteiger partial charge in [-0.2, -0.15) is 0 Å². The maximum atomic E-state index is 12.5. The SMILES string of the molecule is O=C1C2C=C(I)C(CC2c2ccccc2)[C@]12CO2. The standard InChI is InChI=1S/C15H13IO2/c16-13-7-11-10(9-4-2-1-3-5-9)6-12(13)15(8-18-15)14(11)17/h1-5,7,10-12H,6,8H2/t10?,11?,12?,15-/m1/s1. The lowest BCUT2D eigenvalue weighted by Crippen LogP contribution is -2.49. The van der Waals surface area contributed by atoms with Gasteiger partial charge in [0.15, 0.2) is 11.4 Å². The Kier molecular flexibility index (Phi) is 2.28. The molecule has 2 nitrogen and oxygen atoms in total. The van der Waals surface area contributed by atoms with Crippen molar-refractivity contribution in [2.24, 2.45) is 11.8 Å². The minimum absolute atomic E-state index is 0.0202. The largest absolute Gasteiger partial charge is 0.361 e. The van der Waals surface area contributed by atoms with Crippen LogP contribution in [0.1, 0.15) is 17.9 Å². The highest BCUT2D eigenvalue weighted by atomic mass is 127. The second-order valence-corrected chi connectivity index (χ2v) is 6.67. The molecule has 2 fully saturated rings. The molecule has 92 valence electrons. The summed E-state index contributed by atoms with van der Waals surface area (Å²) in [7, 11) is 0. The molecule has 1 heterocycles. The maximum Gasteiger partial charge on any atom is 0.175 e. The Morgan fingerprint density at radius 2 is 2.00 bits per heavy atom. The molecule has 4 atom stereocenters. The third-order valence-electron chi connectivity index (χ3n) is 4.56. The van der Waals surface area contributed by atoms with E-state index in [-0.39, 0.29) is 5.92 Å². The first-order valence-corrected chi connectivity index (χ1v) is 7.41. The van der Waals surface area contributed by atoms with E-state index in [0.29, 0.717) is 24.2 Å². The van der Waals surface area contributed by atoms with Crippen LogP contribution in [-0.2, 0) is 9.53 Å². The molecule has 1 aromatic carbocycles. The third-order valence-corrected chi connectivity index (χ3v) is 5.67. The summed E-state index contributed by atoms with van der Waals surface area (Å²) in [5.74, 6) is 0.970. The van der Waals surface area contributed by atoms with Gasteiger partial charge in [0, 0.05) is 11.8 Å². The van der Waals surface area contributed by atoms with Crippen LogP contribution < -0.4 is 0 Å². The van der Waals surface area contributed by atoms with Crippen LogP contribution in [-0.4, -0.2) is 18.0 Å². The summed E-state index contributed by atoms with van der Waals surface area (Å²) in [4.78, 5) is 12.5. The number of Topliss-reactive ketones (excluding diaryl/α,β-unsaturated/α-hetero) is 1. The monoisotopic (exact) mass is 352 g/mol. The molecule has 1 aromatic rings. The number of hydrogen-bond acceptors (Lipinski definition) is 2. The van der Waals surface area contributed by atoms with E-state index in [1.165, 1.54) is 9.14 Å². The summed E-state index contributed by atoms with van der Waals surface area (Å²) in [6, 6.07) is 10.4. The van der Waals surface area contributed by atoms with Crippen molar-refractivity contribution in [3.8, 4) is 0 Å². The average Bonchev–Trinajstić information content (AvgIpc) is 3.18.